The molecule has 1 saturated carbocycles. The Labute approximate surface area is 186 Å². The van der Waals surface area contributed by atoms with Gasteiger partial charge in [-0.2, -0.15) is 4.37 Å². The van der Waals surface area contributed by atoms with Crippen molar-refractivity contribution in [2.45, 2.75) is 19.3 Å². The number of fused-ring (bicyclic) bond motifs is 6. The summed E-state index contributed by atoms with van der Waals surface area (Å²) in [5.41, 5.74) is 0. The average Bonchev–Trinajstić information content (AvgIpc) is 3.56. The fourth-order valence-corrected chi connectivity index (χ4v) is 6.87. The number of anilines is 1. The molecule has 1 aromatic carbocycles. The molecule has 7 heteroatoms. The Morgan fingerprint density at radius 1 is 0.903 bits per heavy atom. The molecule has 162 valence electrons. The molecule has 6 rings (SSSR count). The lowest BCUT2D eigenvalue weighted by atomic mass is 9.85. The van der Waals surface area contributed by atoms with E-state index in [2.05, 4.69) is 46.2 Å². The third-order valence-corrected chi connectivity index (χ3v) is 8.51. The summed E-state index contributed by atoms with van der Waals surface area (Å²) in [7, 11) is 0. The van der Waals surface area contributed by atoms with Gasteiger partial charge in [-0.25, -0.2) is 0 Å². The van der Waals surface area contributed by atoms with Crippen LogP contribution in [0, 0.1) is 23.7 Å². The van der Waals surface area contributed by atoms with Crippen LogP contribution in [0.25, 0.3) is 10.1 Å². The molecule has 3 fully saturated rings. The van der Waals surface area contributed by atoms with Crippen molar-refractivity contribution >= 4 is 39.3 Å². The summed E-state index contributed by atoms with van der Waals surface area (Å²) in [5.74, 6) is 1.81. The zero-order chi connectivity index (χ0) is 20.9. The van der Waals surface area contributed by atoms with E-state index in [1.165, 1.54) is 10.1 Å². The minimum Gasteiger partial charge on any atom is -0.353 e. The van der Waals surface area contributed by atoms with E-state index in [0.717, 1.165) is 57.8 Å². The molecule has 2 aliphatic heterocycles. The smallest absolute Gasteiger partial charge is 0.233 e. The molecule has 0 N–H and O–H groups in total. The number of aromatic nitrogens is 1. The number of hydrogen-bond acceptors (Lipinski definition) is 6. The molecule has 1 aromatic heterocycles. The van der Waals surface area contributed by atoms with Crippen LogP contribution in [-0.2, 0) is 9.59 Å². The Hall–Kier alpha value is -2.25. The first-order valence-corrected chi connectivity index (χ1v) is 12.3. The van der Waals surface area contributed by atoms with Gasteiger partial charge in [0, 0.05) is 38.1 Å². The minimum atomic E-state index is -0.0580. The highest BCUT2D eigenvalue weighted by Gasteiger charge is 2.58. The number of imide groups is 1. The van der Waals surface area contributed by atoms with E-state index in [1.54, 1.807) is 16.4 Å². The quantitative estimate of drug-likeness (QED) is 0.396. The zero-order valence-corrected chi connectivity index (χ0v) is 18.5. The molecule has 4 atom stereocenters. The molecule has 2 amide bonds. The van der Waals surface area contributed by atoms with Crippen molar-refractivity contribution < 1.29 is 9.59 Å². The molecule has 3 heterocycles. The standard InChI is InChI=1S/C24H28N4O2S/c29-23-20-16-7-8-17(15-16)21(20)24(30)28(23)10-4-3-9-26-11-13-27(14-12-26)22-18-5-1-2-6-19(18)31-25-22/h1-2,5-8,16-17,20-21H,3-4,9-15H2/t16-,17+,20+,21-. The van der Waals surface area contributed by atoms with Crippen molar-refractivity contribution in [3.63, 3.8) is 0 Å². The molecular weight excluding hydrogens is 408 g/mol. The molecule has 2 aromatic rings. The van der Waals surface area contributed by atoms with Crippen molar-refractivity contribution in [3.8, 4) is 0 Å². The van der Waals surface area contributed by atoms with E-state index in [4.69, 9.17) is 4.37 Å². The lowest BCUT2D eigenvalue weighted by molar-refractivity contribution is -0.140. The fourth-order valence-electron chi connectivity index (χ4n) is 6.07. The highest BCUT2D eigenvalue weighted by molar-refractivity contribution is 7.13. The number of benzene rings is 1. The van der Waals surface area contributed by atoms with Gasteiger partial charge < -0.3 is 4.90 Å². The summed E-state index contributed by atoms with van der Waals surface area (Å²) in [6.07, 6.45) is 7.25. The zero-order valence-electron chi connectivity index (χ0n) is 17.7. The van der Waals surface area contributed by atoms with Crippen LogP contribution in [0.4, 0.5) is 5.82 Å². The lowest BCUT2D eigenvalue weighted by Gasteiger charge is -2.35. The molecule has 6 nitrogen and oxygen atoms in total. The number of allylic oxidation sites excluding steroid dienone is 2. The number of piperazine rings is 1. The summed E-state index contributed by atoms with van der Waals surface area (Å²) in [5, 5.41) is 1.26. The van der Waals surface area contributed by atoms with Gasteiger partial charge in [-0.1, -0.05) is 24.3 Å². The molecule has 0 spiro atoms. The molecule has 0 radical (unpaired) electrons. The molecular formula is C24H28N4O2S. The number of amides is 2. The van der Waals surface area contributed by atoms with Gasteiger partial charge in [0.05, 0.1) is 16.5 Å². The molecule has 31 heavy (non-hydrogen) atoms. The maximum absolute atomic E-state index is 12.8. The summed E-state index contributed by atoms with van der Waals surface area (Å²) in [6.45, 7) is 5.68. The Morgan fingerprint density at radius 3 is 2.32 bits per heavy atom. The van der Waals surface area contributed by atoms with E-state index in [-0.39, 0.29) is 23.7 Å². The Balaban J connectivity index is 0.968. The van der Waals surface area contributed by atoms with Gasteiger partial charge in [0.1, 0.15) is 5.82 Å². The number of rotatable bonds is 6. The first-order chi connectivity index (χ1) is 15.2. The van der Waals surface area contributed by atoms with Crippen LogP contribution in [0.1, 0.15) is 19.3 Å². The Kier molecular flexibility index (Phi) is 4.83. The second kappa shape index (κ2) is 7.71. The van der Waals surface area contributed by atoms with Crippen LogP contribution in [0.15, 0.2) is 36.4 Å². The second-order valence-electron chi connectivity index (χ2n) is 9.37. The highest BCUT2D eigenvalue weighted by atomic mass is 32.1. The van der Waals surface area contributed by atoms with Gasteiger partial charge in [0.2, 0.25) is 11.8 Å². The lowest BCUT2D eigenvalue weighted by Crippen LogP contribution is -2.46. The highest BCUT2D eigenvalue weighted by Crippen LogP contribution is 2.52. The number of hydrogen-bond donors (Lipinski definition) is 0. The first-order valence-electron chi connectivity index (χ1n) is 11.6. The van der Waals surface area contributed by atoms with Crippen LogP contribution in [-0.4, -0.2) is 65.3 Å². The van der Waals surface area contributed by atoms with Gasteiger partial charge in [-0.3, -0.25) is 19.4 Å². The predicted octanol–water partition coefficient (Wildman–Crippen LogP) is 3.01. The van der Waals surface area contributed by atoms with Gasteiger partial charge in [-0.15, -0.1) is 0 Å². The second-order valence-corrected chi connectivity index (χ2v) is 10.2. The normalized spacial score (nSPS) is 30.2. The van der Waals surface area contributed by atoms with Gasteiger partial charge in [0.15, 0.2) is 0 Å². The van der Waals surface area contributed by atoms with Crippen molar-refractivity contribution in [2.75, 3.05) is 44.2 Å². The number of likely N-dealkylation sites (tertiary alicyclic amines) is 1. The molecule has 0 unspecified atom stereocenters. The molecule has 2 bridgehead atoms. The number of unbranched alkanes of at least 4 members (excludes halogenated alkanes) is 1. The van der Waals surface area contributed by atoms with Crippen molar-refractivity contribution in [1.82, 2.24) is 14.2 Å². The van der Waals surface area contributed by atoms with Crippen LogP contribution in [0.2, 0.25) is 0 Å². The van der Waals surface area contributed by atoms with E-state index >= 15 is 0 Å². The monoisotopic (exact) mass is 436 g/mol. The van der Waals surface area contributed by atoms with Gasteiger partial charge in [-0.05, 0) is 61.3 Å². The van der Waals surface area contributed by atoms with Crippen molar-refractivity contribution in [1.29, 1.82) is 0 Å². The summed E-state index contributed by atoms with van der Waals surface area (Å²) >= 11 is 1.58. The fraction of sp³-hybridized carbons (Fsp3) is 0.542. The summed E-state index contributed by atoms with van der Waals surface area (Å²) in [4.78, 5) is 32.0. The van der Waals surface area contributed by atoms with Crippen LogP contribution >= 0.6 is 11.5 Å². The largest absolute Gasteiger partial charge is 0.353 e. The Morgan fingerprint density at radius 2 is 1.58 bits per heavy atom. The van der Waals surface area contributed by atoms with E-state index in [1.807, 2.05) is 0 Å². The molecule has 2 saturated heterocycles. The minimum absolute atomic E-state index is 0.0580. The van der Waals surface area contributed by atoms with Crippen molar-refractivity contribution in [3.05, 3.63) is 36.4 Å². The summed E-state index contributed by atoms with van der Waals surface area (Å²) in [6, 6.07) is 8.45. The number of nitrogens with zero attached hydrogens (tertiary/aromatic N) is 4. The predicted molar refractivity (Wildman–Crippen MR) is 122 cm³/mol. The average molecular weight is 437 g/mol. The molecule has 4 aliphatic rings. The van der Waals surface area contributed by atoms with Crippen LogP contribution in [0.5, 0.6) is 0 Å². The van der Waals surface area contributed by atoms with E-state index in [9.17, 15) is 9.59 Å². The maximum Gasteiger partial charge on any atom is 0.233 e. The first kappa shape index (κ1) is 19.4. The summed E-state index contributed by atoms with van der Waals surface area (Å²) < 4.78 is 5.94. The SMILES string of the molecule is O=C1[C@@H]2[C@H](C(=O)N1CCCCN1CCN(c3nsc4ccccc34)CC1)[C@H]1C=C[C@@H]2C1. The van der Waals surface area contributed by atoms with E-state index < -0.39 is 0 Å². The van der Waals surface area contributed by atoms with Gasteiger partial charge in [0.25, 0.3) is 0 Å². The third kappa shape index (κ3) is 3.21. The third-order valence-electron chi connectivity index (χ3n) is 7.70. The number of carbonyl (C=O) groups is 2. The maximum atomic E-state index is 12.8. The number of carbonyl (C=O) groups excluding carboxylic acids is 2. The van der Waals surface area contributed by atoms with Gasteiger partial charge >= 0.3 is 0 Å². The van der Waals surface area contributed by atoms with Crippen LogP contribution < -0.4 is 4.90 Å². The van der Waals surface area contributed by atoms with Crippen LogP contribution in [0.3, 0.4) is 0 Å². The van der Waals surface area contributed by atoms with Crippen molar-refractivity contribution in [2.24, 2.45) is 23.7 Å². The topological polar surface area (TPSA) is 56.8 Å². The molecule has 2 aliphatic carbocycles. The van der Waals surface area contributed by atoms with E-state index in [0.29, 0.717) is 18.4 Å². The Bertz CT molecular complexity index is 1010.